The first-order valence-electron chi connectivity index (χ1n) is 8.52. The highest BCUT2D eigenvalue weighted by Crippen LogP contribution is 2.50. The smallest absolute Gasteiger partial charge is 0.245 e. The van der Waals surface area contributed by atoms with Crippen LogP contribution in [0, 0.1) is 12.3 Å². The third kappa shape index (κ3) is 3.37. The second-order valence-corrected chi connectivity index (χ2v) is 7.17. The van der Waals surface area contributed by atoms with E-state index in [1.54, 1.807) is 6.26 Å². The van der Waals surface area contributed by atoms with E-state index >= 15 is 0 Å². The topological polar surface area (TPSA) is 90.4 Å². The lowest BCUT2D eigenvalue weighted by molar-refractivity contribution is -0.166. The number of aromatic nitrogens is 1. The molecule has 1 saturated carbocycles. The van der Waals surface area contributed by atoms with Crippen LogP contribution in [-0.2, 0) is 9.53 Å². The number of amides is 1. The third-order valence-corrected chi connectivity index (χ3v) is 5.22. The average Bonchev–Trinajstić information content (AvgIpc) is 3.01. The highest BCUT2D eigenvalue weighted by Gasteiger charge is 2.62. The molecule has 0 aliphatic heterocycles. The van der Waals surface area contributed by atoms with Crippen molar-refractivity contribution < 1.29 is 13.9 Å². The molecule has 0 radical (unpaired) electrons. The van der Waals surface area contributed by atoms with Crippen LogP contribution in [0.3, 0.4) is 0 Å². The van der Waals surface area contributed by atoms with Gasteiger partial charge in [-0.25, -0.2) is 4.98 Å². The predicted molar refractivity (Wildman–Crippen MR) is 103 cm³/mol. The molecule has 142 valence electrons. The average molecular weight is 380 g/mol. The van der Waals surface area contributed by atoms with Crippen LogP contribution in [0.4, 0.5) is 5.69 Å². The molecule has 1 aromatic carbocycles. The van der Waals surface area contributed by atoms with Crippen LogP contribution in [0.15, 0.2) is 34.9 Å². The van der Waals surface area contributed by atoms with Gasteiger partial charge in [-0.05, 0) is 32.0 Å². The molecule has 3 rings (SSSR count). The van der Waals surface area contributed by atoms with Crippen LogP contribution in [0.1, 0.15) is 32.9 Å². The number of ether oxygens (including phenoxy) is 1. The summed E-state index contributed by atoms with van der Waals surface area (Å²) in [7, 11) is 0. The van der Waals surface area contributed by atoms with Crippen LogP contribution in [0.2, 0.25) is 0 Å². The van der Waals surface area contributed by atoms with Crippen LogP contribution < -0.4 is 11.1 Å². The Morgan fingerprint density at radius 1 is 1.46 bits per heavy atom. The number of nitrogens with one attached hydrogen (secondary N) is 1. The first-order valence-corrected chi connectivity index (χ1v) is 8.52. The number of hydrogen-bond acceptors (Lipinski definition) is 5. The monoisotopic (exact) mass is 379 g/mol. The quantitative estimate of drug-likeness (QED) is 0.829. The maximum Gasteiger partial charge on any atom is 0.245 e. The van der Waals surface area contributed by atoms with Gasteiger partial charge in [0.15, 0.2) is 0 Å². The van der Waals surface area contributed by atoms with Gasteiger partial charge in [0.1, 0.15) is 11.8 Å². The molecule has 26 heavy (non-hydrogen) atoms. The SMILES string of the molecule is CCOC1CC(N)(C(=O)Nc2cccc(-c3nc(C)co3)c2)C1(C)C.Cl. The Morgan fingerprint density at radius 3 is 2.77 bits per heavy atom. The van der Waals surface area contributed by atoms with Crippen molar-refractivity contribution in [1.82, 2.24) is 4.98 Å². The van der Waals surface area contributed by atoms with Gasteiger partial charge in [-0.1, -0.05) is 19.9 Å². The van der Waals surface area contributed by atoms with Crippen molar-refractivity contribution in [2.45, 2.75) is 45.8 Å². The molecule has 1 aliphatic rings. The van der Waals surface area contributed by atoms with E-state index in [0.717, 1.165) is 11.3 Å². The molecule has 1 aromatic heterocycles. The van der Waals surface area contributed by atoms with Crippen molar-refractivity contribution in [3.63, 3.8) is 0 Å². The number of halogens is 1. The lowest BCUT2D eigenvalue weighted by Crippen LogP contribution is -2.74. The van der Waals surface area contributed by atoms with Crippen LogP contribution in [0.5, 0.6) is 0 Å². The molecule has 7 heteroatoms. The van der Waals surface area contributed by atoms with Crippen molar-refractivity contribution in [2.24, 2.45) is 11.1 Å². The summed E-state index contributed by atoms with van der Waals surface area (Å²) in [4.78, 5) is 17.1. The van der Waals surface area contributed by atoms with Gasteiger partial charge in [0.2, 0.25) is 11.8 Å². The van der Waals surface area contributed by atoms with Gasteiger partial charge in [0.05, 0.1) is 11.8 Å². The van der Waals surface area contributed by atoms with Gasteiger partial charge < -0.3 is 20.2 Å². The molecule has 2 unspecified atom stereocenters. The second kappa shape index (κ2) is 7.39. The zero-order chi connectivity index (χ0) is 18.2. The van der Waals surface area contributed by atoms with Gasteiger partial charge in [0.25, 0.3) is 0 Å². The number of nitrogens with zero attached hydrogens (tertiary/aromatic N) is 1. The zero-order valence-corrected chi connectivity index (χ0v) is 16.4. The second-order valence-electron chi connectivity index (χ2n) is 7.17. The molecule has 1 amide bonds. The molecule has 0 spiro atoms. The molecule has 0 saturated heterocycles. The van der Waals surface area contributed by atoms with Crippen LogP contribution >= 0.6 is 12.4 Å². The molecule has 3 N–H and O–H groups in total. The van der Waals surface area contributed by atoms with Crippen molar-refractivity contribution in [3.05, 3.63) is 36.2 Å². The lowest BCUT2D eigenvalue weighted by atomic mass is 9.54. The Hall–Kier alpha value is -1.89. The Balaban J connectivity index is 0.00000243. The summed E-state index contributed by atoms with van der Waals surface area (Å²) in [6.45, 7) is 8.38. The molecular formula is C19H26ClN3O3. The number of oxazole rings is 1. The molecule has 2 aromatic rings. The van der Waals surface area contributed by atoms with E-state index in [2.05, 4.69) is 10.3 Å². The fourth-order valence-corrected chi connectivity index (χ4v) is 3.28. The lowest BCUT2D eigenvalue weighted by Gasteiger charge is -2.57. The van der Waals surface area contributed by atoms with Gasteiger partial charge in [-0.2, -0.15) is 0 Å². The Labute approximate surface area is 159 Å². The van der Waals surface area contributed by atoms with Crippen molar-refractivity contribution >= 4 is 24.0 Å². The summed E-state index contributed by atoms with van der Waals surface area (Å²) in [5.74, 6) is 0.325. The number of aryl methyl sites for hydroxylation is 1. The van der Waals surface area contributed by atoms with Crippen molar-refractivity contribution in [3.8, 4) is 11.5 Å². The molecule has 1 heterocycles. The third-order valence-electron chi connectivity index (χ3n) is 5.22. The number of carbonyl (C=O) groups excluding carboxylic acids is 1. The number of carbonyl (C=O) groups is 1. The Bertz CT molecular complexity index is 790. The summed E-state index contributed by atoms with van der Waals surface area (Å²) < 4.78 is 11.1. The van der Waals surface area contributed by atoms with Gasteiger partial charge >= 0.3 is 0 Å². The summed E-state index contributed by atoms with van der Waals surface area (Å²) in [5, 5.41) is 2.93. The Morgan fingerprint density at radius 2 is 2.19 bits per heavy atom. The number of anilines is 1. The highest BCUT2D eigenvalue weighted by atomic mass is 35.5. The van der Waals surface area contributed by atoms with E-state index in [1.165, 1.54) is 0 Å². The molecule has 6 nitrogen and oxygen atoms in total. The van der Waals surface area contributed by atoms with Crippen molar-refractivity contribution in [2.75, 3.05) is 11.9 Å². The van der Waals surface area contributed by atoms with Gasteiger partial charge in [0, 0.05) is 29.7 Å². The van der Waals surface area contributed by atoms with Crippen molar-refractivity contribution in [1.29, 1.82) is 0 Å². The fraction of sp³-hybridized carbons (Fsp3) is 0.474. The molecule has 2 atom stereocenters. The molecule has 1 aliphatic carbocycles. The van der Waals surface area contributed by atoms with Gasteiger partial charge in [-0.15, -0.1) is 12.4 Å². The highest BCUT2D eigenvalue weighted by molar-refractivity contribution is 6.00. The minimum absolute atomic E-state index is 0. The maximum atomic E-state index is 12.8. The minimum atomic E-state index is -0.956. The number of hydrogen-bond donors (Lipinski definition) is 2. The number of benzene rings is 1. The standard InChI is InChI=1S/C19H25N3O3.ClH/c1-5-24-15-10-19(20,18(15,3)4)17(23)22-14-8-6-7-13(9-14)16-21-12(2)11-25-16;/h6-9,11,15H,5,10,20H2,1-4H3,(H,22,23);1H. The van der Waals surface area contributed by atoms with E-state index in [9.17, 15) is 4.79 Å². The van der Waals surface area contributed by atoms with E-state index in [-0.39, 0.29) is 24.4 Å². The summed E-state index contributed by atoms with van der Waals surface area (Å²) >= 11 is 0. The molecular weight excluding hydrogens is 354 g/mol. The number of nitrogens with two attached hydrogens (primary N) is 1. The molecule has 1 fully saturated rings. The van der Waals surface area contributed by atoms with E-state index in [4.69, 9.17) is 14.9 Å². The first kappa shape index (κ1) is 20.4. The first-order chi connectivity index (χ1) is 11.8. The summed E-state index contributed by atoms with van der Waals surface area (Å²) in [6.07, 6.45) is 2.10. The zero-order valence-electron chi connectivity index (χ0n) is 15.5. The van der Waals surface area contributed by atoms with E-state index < -0.39 is 11.0 Å². The largest absolute Gasteiger partial charge is 0.444 e. The summed E-state index contributed by atoms with van der Waals surface area (Å²) in [6, 6.07) is 7.39. The van der Waals surface area contributed by atoms with Gasteiger partial charge in [-0.3, -0.25) is 4.79 Å². The molecule has 0 bridgehead atoms. The van der Waals surface area contributed by atoms with Crippen LogP contribution in [0.25, 0.3) is 11.5 Å². The normalized spacial score (nSPS) is 23.7. The fourth-order valence-electron chi connectivity index (χ4n) is 3.28. The number of rotatable bonds is 5. The van der Waals surface area contributed by atoms with Crippen LogP contribution in [-0.4, -0.2) is 29.1 Å². The Kier molecular flexibility index (Phi) is 5.80. The maximum absolute atomic E-state index is 12.8. The minimum Gasteiger partial charge on any atom is -0.444 e. The van der Waals surface area contributed by atoms with E-state index in [1.807, 2.05) is 52.0 Å². The summed E-state index contributed by atoms with van der Waals surface area (Å²) in [5.41, 5.74) is 7.32. The predicted octanol–water partition coefficient (Wildman–Crippen LogP) is 3.54. The van der Waals surface area contributed by atoms with E-state index in [0.29, 0.717) is 24.6 Å².